The van der Waals surface area contributed by atoms with Crippen LogP contribution in [0.2, 0.25) is 0 Å². The molecule has 2 aromatic rings. The third-order valence-electron chi connectivity index (χ3n) is 4.02. The van der Waals surface area contributed by atoms with Crippen molar-refractivity contribution in [3.63, 3.8) is 0 Å². The van der Waals surface area contributed by atoms with Crippen LogP contribution in [0.15, 0.2) is 23.6 Å². The SMILES string of the molecule is C[C@H]1CCc2sc(C(=O)NNC(=O)CNC(=O)c3cccs3)cc2C1. The Morgan fingerprint density at radius 3 is 2.80 bits per heavy atom. The van der Waals surface area contributed by atoms with Gasteiger partial charge >= 0.3 is 0 Å². The van der Waals surface area contributed by atoms with Crippen LogP contribution in [0.25, 0.3) is 0 Å². The minimum atomic E-state index is -0.479. The first-order chi connectivity index (χ1) is 12.0. The maximum Gasteiger partial charge on any atom is 0.279 e. The standard InChI is InChI=1S/C17H19N3O3S2/c1-10-4-5-12-11(7-10)8-14(25-12)17(23)20-19-15(21)9-18-16(22)13-3-2-6-24-13/h2-3,6,8,10H,4-5,7,9H2,1H3,(H,18,22)(H,19,21)(H,20,23)/t10-/m0/s1. The van der Waals surface area contributed by atoms with Crippen LogP contribution in [0, 0.1) is 5.92 Å². The number of carbonyl (C=O) groups excluding carboxylic acids is 3. The van der Waals surface area contributed by atoms with E-state index < -0.39 is 5.91 Å². The molecule has 0 bridgehead atoms. The molecule has 8 heteroatoms. The molecule has 1 atom stereocenters. The van der Waals surface area contributed by atoms with E-state index in [9.17, 15) is 14.4 Å². The second kappa shape index (κ2) is 7.79. The molecular formula is C17H19N3O3S2. The summed E-state index contributed by atoms with van der Waals surface area (Å²) in [5, 5.41) is 4.29. The van der Waals surface area contributed by atoms with E-state index in [4.69, 9.17) is 0 Å². The summed E-state index contributed by atoms with van der Waals surface area (Å²) in [6.07, 6.45) is 3.16. The van der Waals surface area contributed by atoms with Gasteiger partial charge in [-0.05, 0) is 48.3 Å². The van der Waals surface area contributed by atoms with Gasteiger partial charge in [0.05, 0.1) is 16.3 Å². The van der Waals surface area contributed by atoms with Crippen molar-refractivity contribution in [3.8, 4) is 0 Å². The van der Waals surface area contributed by atoms with Crippen molar-refractivity contribution in [2.24, 2.45) is 5.92 Å². The fourth-order valence-corrected chi connectivity index (χ4v) is 4.45. The van der Waals surface area contributed by atoms with Crippen molar-refractivity contribution in [1.82, 2.24) is 16.2 Å². The van der Waals surface area contributed by atoms with Gasteiger partial charge < -0.3 is 5.32 Å². The molecular weight excluding hydrogens is 358 g/mol. The molecule has 2 aromatic heterocycles. The molecule has 6 nitrogen and oxygen atoms in total. The molecule has 0 saturated carbocycles. The number of carbonyl (C=O) groups is 3. The lowest BCUT2D eigenvalue weighted by Gasteiger charge is -2.16. The van der Waals surface area contributed by atoms with Crippen LogP contribution in [0.1, 0.15) is 43.1 Å². The largest absolute Gasteiger partial charge is 0.342 e. The Morgan fingerprint density at radius 1 is 1.20 bits per heavy atom. The first kappa shape index (κ1) is 17.6. The molecule has 0 aliphatic heterocycles. The number of aryl methyl sites for hydroxylation is 1. The number of hydrogen-bond acceptors (Lipinski definition) is 5. The molecule has 0 aromatic carbocycles. The molecule has 2 heterocycles. The van der Waals surface area contributed by atoms with Gasteiger partial charge in [-0.25, -0.2) is 0 Å². The smallest absolute Gasteiger partial charge is 0.279 e. The molecule has 0 saturated heterocycles. The fraction of sp³-hybridized carbons (Fsp3) is 0.353. The minimum absolute atomic E-state index is 0.199. The highest BCUT2D eigenvalue weighted by molar-refractivity contribution is 7.14. The van der Waals surface area contributed by atoms with Gasteiger partial charge in [0.1, 0.15) is 0 Å². The zero-order valence-electron chi connectivity index (χ0n) is 13.8. The van der Waals surface area contributed by atoms with E-state index in [0.717, 1.165) is 19.3 Å². The van der Waals surface area contributed by atoms with E-state index in [-0.39, 0.29) is 18.4 Å². The molecule has 0 spiro atoms. The summed E-state index contributed by atoms with van der Waals surface area (Å²) >= 11 is 2.78. The minimum Gasteiger partial charge on any atom is -0.342 e. The average molecular weight is 377 g/mol. The zero-order chi connectivity index (χ0) is 17.8. The number of hydrogen-bond donors (Lipinski definition) is 3. The van der Waals surface area contributed by atoms with Crippen molar-refractivity contribution in [2.75, 3.05) is 6.54 Å². The summed E-state index contributed by atoms with van der Waals surface area (Å²) in [5.41, 5.74) is 5.97. The van der Waals surface area contributed by atoms with Crippen LogP contribution in [0.4, 0.5) is 0 Å². The summed E-state index contributed by atoms with van der Waals surface area (Å²) in [4.78, 5) is 38.1. The topological polar surface area (TPSA) is 87.3 Å². The van der Waals surface area contributed by atoms with Crippen LogP contribution >= 0.6 is 22.7 Å². The van der Waals surface area contributed by atoms with Crippen LogP contribution in [0.5, 0.6) is 0 Å². The Hall–Kier alpha value is -2.19. The van der Waals surface area contributed by atoms with E-state index in [0.29, 0.717) is 15.7 Å². The molecule has 3 rings (SSSR count). The molecule has 1 aliphatic rings. The Bertz CT molecular complexity index is 783. The highest BCUT2D eigenvalue weighted by atomic mass is 32.1. The molecule has 132 valence electrons. The number of fused-ring (bicyclic) bond motifs is 1. The first-order valence-corrected chi connectivity index (χ1v) is 9.75. The Morgan fingerprint density at radius 2 is 2.04 bits per heavy atom. The molecule has 3 amide bonds. The number of thiophene rings is 2. The molecule has 0 radical (unpaired) electrons. The summed E-state index contributed by atoms with van der Waals surface area (Å²) in [5.74, 6) is -0.473. The van der Waals surface area contributed by atoms with Crippen molar-refractivity contribution in [2.45, 2.75) is 26.2 Å². The van der Waals surface area contributed by atoms with Gasteiger partial charge in [-0.1, -0.05) is 13.0 Å². The quantitative estimate of drug-likeness (QED) is 0.713. The lowest BCUT2D eigenvalue weighted by molar-refractivity contribution is -0.120. The van der Waals surface area contributed by atoms with Gasteiger partial charge in [0.25, 0.3) is 17.7 Å². The fourth-order valence-electron chi connectivity index (χ4n) is 2.71. The number of nitrogens with one attached hydrogen (secondary N) is 3. The number of rotatable bonds is 4. The lowest BCUT2D eigenvalue weighted by Crippen LogP contribution is -2.46. The van der Waals surface area contributed by atoms with E-state index >= 15 is 0 Å². The van der Waals surface area contributed by atoms with E-state index in [2.05, 4.69) is 23.1 Å². The van der Waals surface area contributed by atoms with Crippen molar-refractivity contribution in [3.05, 3.63) is 43.8 Å². The van der Waals surface area contributed by atoms with Crippen LogP contribution < -0.4 is 16.2 Å². The van der Waals surface area contributed by atoms with Crippen LogP contribution in [0.3, 0.4) is 0 Å². The predicted octanol–water partition coefficient (Wildman–Crippen LogP) is 2.13. The van der Waals surface area contributed by atoms with Crippen LogP contribution in [-0.2, 0) is 17.6 Å². The lowest BCUT2D eigenvalue weighted by atomic mass is 9.90. The normalized spacial score (nSPS) is 16.0. The highest BCUT2D eigenvalue weighted by Crippen LogP contribution is 2.32. The summed E-state index contributed by atoms with van der Waals surface area (Å²) in [7, 11) is 0. The third kappa shape index (κ3) is 4.46. The Kier molecular flexibility index (Phi) is 5.50. The second-order valence-corrected chi connectivity index (χ2v) is 8.15. The number of hydrazine groups is 1. The van der Waals surface area contributed by atoms with Gasteiger partial charge in [0.2, 0.25) is 0 Å². The summed E-state index contributed by atoms with van der Waals surface area (Å²) in [6, 6.07) is 5.36. The van der Waals surface area contributed by atoms with E-state index in [1.165, 1.54) is 33.1 Å². The average Bonchev–Trinajstić information content (AvgIpc) is 3.26. The Labute approximate surface area is 153 Å². The van der Waals surface area contributed by atoms with E-state index in [1.807, 2.05) is 6.07 Å². The van der Waals surface area contributed by atoms with Gasteiger partial charge in [-0.15, -0.1) is 22.7 Å². The van der Waals surface area contributed by atoms with Crippen molar-refractivity contribution < 1.29 is 14.4 Å². The predicted molar refractivity (Wildman–Crippen MR) is 97.8 cm³/mol. The molecule has 0 unspecified atom stereocenters. The van der Waals surface area contributed by atoms with E-state index in [1.54, 1.807) is 17.5 Å². The van der Waals surface area contributed by atoms with Crippen molar-refractivity contribution >= 4 is 40.4 Å². The van der Waals surface area contributed by atoms with Gasteiger partial charge in [-0.3, -0.25) is 25.2 Å². The molecule has 25 heavy (non-hydrogen) atoms. The zero-order valence-corrected chi connectivity index (χ0v) is 15.4. The highest BCUT2D eigenvalue weighted by Gasteiger charge is 2.20. The molecule has 1 aliphatic carbocycles. The van der Waals surface area contributed by atoms with Gasteiger partial charge in [0.15, 0.2) is 0 Å². The third-order valence-corrected chi connectivity index (χ3v) is 6.13. The first-order valence-electron chi connectivity index (χ1n) is 8.05. The maximum absolute atomic E-state index is 12.2. The van der Waals surface area contributed by atoms with Gasteiger partial charge in [-0.2, -0.15) is 0 Å². The number of amides is 3. The van der Waals surface area contributed by atoms with Gasteiger partial charge in [0, 0.05) is 4.88 Å². The molecule has 3 N–H and O–H groups in total. The summed E-state index contributed by atoms with van der Waals surface area (Å²) < 4.78 is 0. The molecule has 0 fully saturated rings. The second-order valence-electron chi connectivity index (χ2n) is 6.07. The monoisotopic (exact) mass is 377 g/mol. The van der Waals surface area contributed by atoms with Crippen molar-refractivity contribution in [1.29, 1.82) is 0 Å². The maximum atomic E-state index is 12.2. The summed E-state index contributed by atoms with van der Waals surface area (Å²) in [6.45, 7) is 2.01. The Balaban J connectivity index is 1.46. The van der Waals surface area contributed by atoms with Crippen LogP contribution in [-0.4, -0.2) is 24.3 Å².